The van der Waals surface area contributed by atoms with Crippen molar-refractivity contribution in [1.82, 2.24) is 0 Å². The molecule has 1 unspecified atom stereocenters. The van der Waals surface area contributed by atoms with Crippen molar-refractivity contribution in [2.24, 2.45) is 5.92 Å². The Morgan fingerprint density at radius 1 is 1.36 bits per heavy atom. The van der Waals surface area contributed by atoms with Crippen molar-refractivity contribution in [3.63, 3.8) is 0 Å². The molecule has 57 valence electrons. The zero-order valence-corrected chi connectivity index (χ0v) is 8.54. The molecule has 0 aliphatic heterocycles. The van der Waals surface area contributed by atoms with Gasteiger partial charge in [-0.25, -0.2) is 0 Å². The molecule has 0 aromatic rings. The SMILES string of the molecule is CC1[C]([Ti])=CC2=C1CCCC2. The second-order valence-electron chi connectivity index (χ2n) is 3.58. The first-order chi connectivity index (χ1) is 5.29. The molecule has 0 heterocycles. The van der Waals surface area contributed by atoms with Crippen molar-refractivity contribution in [2.45, 2.75) is 32.6 Å². The molecule has 0 radical (unpaired) electrons. The first kappa shape index (κ1) is 7.82. The summed E-state index contributed by atoms with van der Waals surface area (Å²) in [6, 6.07) is 0. The maximum absolute atomic E-state index is 2.42. The number of rotatable bonds is 0. The van der Waals surface area contributed by atoms with Crippen LogP contribution < -0.4 is 0 Å². The predicted molar refractivity (Wildman–Crippen MR) is 42.7 cm³/mol. The third kappa shape index (κ3) is 1.27. The molecule has 0 nitrogen and oxygen atoms in total. The summed E-state index contributed by atoms with van der Waals surface area (Å²) in [5.41, 5.74) is 3.41. The van der Waals surface area contributed by atoms with E-state index in [0.717, 1.165) is 5.92 Å². The van der Waals surface area contributed by atoms with Crippen molar-refractivity contribution >= 4 is 0 Å². The fourth-order valence-electron chi connectivity index (χ4n) is 2.11. The van der Waals surface area contributed by atoms with E-state index in [1.54, 1.807) is 15.0 Å². The van der Waals surface area contributed by atoms with E-state index in [9.17, 15) is 0 Å². The van der Waals surface area contributed by atoms with Crippen LogP contribution in [0.15, 0.2) is 21.1 Å². The summed E-state index contributed by atoms with van der Waals surface area (Å²) in [5.74, 6) is 0.769. The van der Waals surface area contributed by atoms with E-state index in [4.69, 9.17) is 0 Å². The minimum absolute atomic E-state index is 0.769. The molecular weight excluding hydrogens is 168 g/mol. The van der Waals surface area contributed by atoms with Crippen molar-refractivity contribution < 1.29 is 20.4 Å². The molecule has 0 spiro atoms. The van der Waals surface area contributed by atoms with Crippen LogP contribution in [0, 0.1) is 5.92 Å². The van der Waals surface area contributed by atoms with Gasteiger partial charge in [-0.2, -0.15) is 0 Å². The van der Waals surface area contributed by atoms with Gasteiger partial charge in [0.1, 0.15) is 0 Å². The predicted octanol–water partition coefficient (Wildman–Crippen LogP) is 2.94. The Labute approximate surface area is 80.2 Å². The molecular formula is C10H13Ti. The summed E-state index contributed by atoms with van der Waals surface area (Å²) in [6.07, 6.45) is 7.96. The first-order valence-corrected chi connectivity index (χ1v) is 5.22. The van der Waals surface area contributed by atoms with Gasteiger partial charge >= 0.3 is 80.1 Å². The van der Waals surface area contributed by atoms with Gasteiger partial charge in [0.15, 0.2) is 0 Å². The van der Waals surface area contributed by atoms with Crippen molar-refractivity contribution in [3.8, 4) is 0 Å². The minimum atomic E-state index is 0.769. The zero-order valence-electron chi connectivity index (χ0n) is 6.98. The van der Waals surface area contributed by atoms with Gasteiger partial charge in [-0.3, -0.25) is 0 Å². The number of hydrogen-bond donors (Lipinski definition) is 0. The van der Waals surface area contributed by atoms with Gasteiger partial charge in [-0.05, 0) is 0 Å². The van der Waals surface area contributed by atoms with Crippen LogP contribution in [-0.2, 0) is 20.4 Å². The summed E-state index contributed by atoms with van der Waals surface area (Å²) < 4.78 is 1.58. The Balaban J connectivity index is 2.30. The van der Waals surface area contributed by atoms with E-state index in [1.807, 2.05) is 0 Å². The molecule has 1 atom stereocenters. The first-order valence-electron chi connectivity index (χ1n) is 4.44. The van der Waals surface area contributed by atoms with Crippen LogP contribution in [0.5, 0.6) is 0 Å². The van der Waals surface area contributed by atoms with Gasteiger partial charge in [-0.1, -0.05) is 0 Å². The van der Waals surface area contributed by atoms with E-state index in [2.05, 4.69) is 33.4 Å². The zero-order chi connectivity index (χ0) is 7.84. The molecule has 0 saturated heterocycles. The molecule has 1 heteroatoms. The molecule has 0 fully saturated rings. The van der Waals surface area contributed by atoms with E-state index < -0.39 is 0 Å². The molecule has 2 aliphatic rings. The molecule has 11 heavy (non-hydrogen) atoms. The fraction of sp³-hybridized carbons (Fsp3) is 0.600. The third-order valence-corrected chi connectivity index (χ3v) is 3.78. The van der Waals surface area contributed by atoms with Crippen molar-refractivity contribution in [1.29, 1.82) is 0 Å². The summed E-state index contributed by atoms with van der Waals surface area (Å²) in [4.78, 5) is 0. The monoisotopic (exact) mass is 181 g/mol. The van der Waals surface area contributed by atoms with E-state index in [0.29, 0.717) is 0 Å². The number of allylic oxidation sites excluding steroid dienone is 4. The second-order valence-corrected chi connectivity index (χ2v) is 4.48. The average Bonchev–Trinajstić information content (AvgIpc) is 2.30. The van der Waals surface area contributed by atoms with Gasteiger partial charge in [-0.15, -0.1) is 0 Å². The van der Waals surface area contributed by atoms with Crippen LogP contribution in [0.1, 0.15) is 32.6 Å². The Morgan fingerprint density at radius 2 is 2.09 bits per heavy atom. The standard InChI is InChI=1S/C10H13.Ti/c1-8-6-7-9-4-2-3-5-10(8)9;/h7-8H,2-5H2,1H3;. The summed E-state index contributed by atoms with van der Waals surface area (Å²) in [6.45, 7) is 2.35. The molecule has 2 rings (SSSR count). The average molecular weight is 181 g/mol. The third-order valence-electron chi connectivity index (χ3n) is 2.87. The fourth-order valence-corrected chi connectivity index (χ4v) is 2.66. The summed E-state index contributed by atoms with van der Waals surface area (Å²) in [5, 5.41) is 0. The molecule has 0 bridgehead atoms. The molecule has 0 N–H and O–H groups in total. The van der Waals surface area contributed by atoms with E-state index in [1.165, 1.54) is 25.7 Å². The van der Waals surface area contributed by atoms with Gasteiger partial charge < -0.3 is 0 Å². The van der Waals surface area contributed by atoms with Crippen LogP contribution in [0.25, 0.3) is 0 Å². The second kappa shape index (κ2) is 2.91. The summed E-state index contributed by atoms with van der Waals surface area (Å²) >= 11 is 2.27. The van der Waals surface area contributed by atoms with E-state index in [-0.39, 0.29) is 0 Å². The molecule has 0 amide bonds. The number of hydrogen-bond acceptors (Lipinski definition) is 0. The quantitative estimate of drug-likeness (QED) is 0.504. The van der Waals surface area contributed by atoms with Crippen LogP contribution in [0.3, 0.4) is 0 Å². The van der Waals surface area contributed by atoms with Crippen LogP contribution in [-0.4, -0.2) is 0 Å². The topological polar surface area (TPSA) is 0 Å². The van der Waals surface area contributed by atoms with E-state index >= 15 is 0 Å². The van der Waals surface area contributed by atoms with Gasteiger partial charge in [0.05, 0.1) is 0 Å². The van der Waals surface area contributed by atoms with Crippen LogP contribution >= 0.6 is 0 Å². The van der Waals surface area contributed by atoms with Crippen molar-refractivity contribution in [3.05, 3.63) is 21.1 Å². The van der Waals surface area contributed by atoms with Crippen LogP contribution in [0.2, 0.25) is 0 Å². The maximum atomic E-state index is 2.42. The molecule has 0 aromatic heterocycles. The molecule has 0 aromatic carbocycles. The molecule has 0 saturated carbocycles. The summed E-state index contributed by atoms with van der Waals surface area (Å²) in [7, 11) is 0. The Hall–Kier alpha value is 0.194. The Morgan fingerprint density at radius 3 is 2.82 bits per heavy atom. The Bertz CT molecular complexity index is 235. The molecule has 2 aliphatic carbocycles. The normalized spacial score (nSPS) is 30.2. The Kier molecular flexibility index (Phi) is 2.07. The van der Waals surface area contributed by atoms with Crippen molar-refractivity contribution in [2.75, 3.05) is 0 Å². The van der Waals surface area contributed by atoms with Gasteiger partial charge in [0, 0.05) is 0 Å². The van der Waals surface area contributed by atoms with Gasteiger partial charge in [0.2, 0.25) is 0 Å². The van der Waals surface area contributed by atoms with Crippen LogP contribution in [0.4, 0.5) is 0 Å². The van der Waals surface area contributed by atoms with Gasteiger partial charge in [0.25, 0.3) is 0 Å².